The van der Waals surface area contributed by atoms with E-state index in [2.05, 4.69) is 42.9 Å². The summed E-state index contributed by atoms with van der Waals surface area (Å²) in [6.45, 7) is 5.76. The van der Waals surface area contributed by atoms with Crippen molar-refractivity contribution >= 4 is 0 Å². The number of aromatic nitrogens is 1. The molecule has 0 radical (unpaired) electrons. The maximum atomic E-state index is 2.36. The lowest BCUT2D eigenvalue weighted by Gasteiger charge is -2.03. The van der Waals surface area contributed by atoms with E-state index in [0.29, 0.717) is 0 Å². The Kier molecular flexibility index (Phi) is 13.8. The molecular formula is C23H42N+. The first-order chi connectivity index (χ1) is 11.9. The van der Waals surface area contributed by atoms with Crippen LogP contribution in [0.4, 0.5) is 0 Å². The van der Waals surface area contributed by atoms with Crippen LogP contribution in [-0.4, -0.2) is 0 Å². The minimum atomic E-state index is 1.19. The van der Waals surface area contributed by atoms with Crippen LogP contribution < -0.4 is 4.57 Å². The number of hydrogen-bond donors (Lipinski definition) is 0. The Hall–Kier alpha value is -0.850. The Morgan fingerprint density at radius 1 is 0.583 bits per heavy atom. The molecule has 0 unspecified atom stereocenters. The lowest BCUT2D eigenvalue weighted by atomic mass is 10.1. The second-order valence-electron chi connectivity index (χ2n) is 7.44. The van der Waals surface area contributed by atoms with Crippen molar-refractivity contribution in [3.05, 3.63) is 30.1 Å². The maximum absolute atomic E-state index is 2.36. The molecule has 0 aliphatic rings. The van der Waals surface area contributed by atoms with E-state index in [9.17, 15) is 0 Å². The molecule has 1 rings (SSSR count). The lowest BCUT2D eigenvalue weighted by Crippen LogP contribution is -2.32. The van der Waals surface area contributed by atoms with Gasteiger partial charge in [0.05, 0.1) is 0 Å². The molecule has 138 valence electrons. The fraction of sp³-hybridized carbons (Fsp3) is 0.783. The molecule has 1 heteroatoms. The molecule has 0 bridgehead atoms. The van der Waals surface area contributed by atoms with Gasteiger partial charge in [-0.2, -0.15) is 0 Å². The van der Waals surface area contributed by atoms with Crippen LogP contribution >= 0.6 is 0 Å². The van der Waals surface area contributed by atoms with E-state index in [-0.39, 0.29) is 0 Å². The lowest BCUT2D eigenvalue weighted by molar-refractivity contribution is -0.697. The van der Waals surface area contributed by atoms with Crippen molar-refractivity contribution in [2.75, 3.05) is 0 Å². The first-order valence-corrected chi connectivity index (χ1v) is 10.8. The van der Waals surface area contributed by atoms with Crippen LogP contribution in [0.3, 0.4) is 0 Å². The zero-order valence-electron chi connectivity index (χ0n) is 16.6. The van der Waals surface area contributed by atoms with E-state index >= 15 is 0 Å². The molecule has 0 saturated heterocycles. The molecule has 0 aliphatic carbocycles. The van der Waals surface area contributed by atoms with Gasteiger partial charge in [0, 0.05) is 18.6 Å². The van der Waals surface area contributed by atoms with Crippen molar-refractivity contribution < 1.29 is 4.57 Å². The average molecular weight is 333 g/mol. The van der Waals surface area contributed by atoms with E-state index < -0.39 is 0 Å². The molecule has 1 aromatic heterocycles. The van der Waals surface area contributed by atoms with Gasteiger partial charge in [-0.05, 0) is 24.8 Å². The molecule has 1 aromatic rings. The number of aryl methyl sites for hydroxylation is 2. The van der Waals surface area contributed by atoms with Crippen LogP contribution in [0, 0.1) is 0 Å². The summed E-state index contributed by atoms with van der Waals surface area (Å²) < 4.78 is 2.36. The van der Waals surface area contributed by atoms with Gasteiger partial charge in [-0.25, -0.2) is 4.57 Å². The van der Waals surface area contributed by atoms with Gasteiger partial charge in [-0.3, -0.25) is 0 Å². The third-order valence-corrected chi connectivity index (χ3v) is 5.05. The Bertz CT molecular complexity index is 368. The zero-order valence-corrected chi connectivity index (χ0v) is 16.6. The molecule has 0 amide bonds. The average Bonchev–Trinajstić information content (AvgIpc) is 2.61. The molecule has 0 aliphatic heterocycles. The third-order valence-electron chi connectivity index (χ3n) is 5.05. The number of hydrogen-bond acceptors (Lipinski definition) is 0. The van der Waals surface area contributed by atoms with E-state index in [1.807, 2.05) is 0 Å². The SMILES string of the molecule is CCCCCCCCCC[n+]1ccc(CCCCCCCC)cc1. The maximum Gasteiger partial charge on any atom is 0.169 e. The van der Waals surface area contributed by atoms with Crippen LogP contribution in [0.25, 0.3) is 0 Å². The van der Waals surface area contributed by atoms with E-state index in [1.165, 1.54) is 108 Å². The highest BCUT2D eigenvalue weighted by Gasteiger charge is 2.01. The van der Waals surface area contributed by atoms with Crippen molar-refractivity contribution in [2.24, 2.45) is 0 Å². The predicted molar refractivity (Wildman–Crippen MR) is 106 cm³/mol. The molecule has 0 fully saturated rings. The molecule has 0 atom stereocenters. The van der Waals surface area contributed by atoms with Gasteiger partial charge in [0.25, 0.3) is 0 Å². The van der Waals surface area contributed by atoms with Gasteiger partial charge >= 0.3 is 0 Å². The Morgan fingerprint density at radius 2 is 1.04 bits per heavy atom. The summed E-state index contributed by atoms with van der Waals surface area (Å²) in [6.07, 6.45) is 25.4. The van der Waals surface area contributed by atoms with Crippen LogP contribution in [0.5, 0.6) is 0 Å². The first kappa shape index (κ1) is 21.2. The molecule has 0 spiro atoms. The Balaban J connectivity index is 2.01. The highest BCUT2D eigenvalue weighted by atomic mass is 14.9. The van der Waals surface area contributed by atoms with E-state index in [1.54, 1.807) is 0 Å². The molecule has 1 nitrogen and oxygen atoms in total. The third kappa shape index (κ3) is 11.6. The second kappa shape index (κ2) is 15.7. The summed E-state index contributed by atoms with van der Waals surface area (Å²) in [5, 5.41) is 0. The topological polar surface area (TPSA) is 3.88 Å². The predicted octanol–water partition coefficient (Wildman–Crippen LogP) is 7.02. The highest BCUT2D eigenvalue weighted by Crippen LogP contribution is 2.10. The second-order valence-corrected chi connectivity index (χ2v) is 7.44. The largest absolute Gasteiger partial charge is 0.205 e. The molecule has 24 heavy (non-hydrogen) atoms. The van der Waals surface area contributed by atoms with Gasteiger partial charge < -0.3 is 0 Å². The van der Waals surface area contributed by atoms with E-state index in [4.69, 9.17) is 0 Å². The van der Waals surface area contributed by atoms with Gasteiger partial charge in [-0.15, -0.1) is 0 Å². The van der Waals surface area contributed by atoms with Crippen LogP contribution in [-0.2, 0) is 13.0 Å². The number of unbranched alkanes of at least 4 members (excludes halogenated alkanes) is 12. The normalized spacial score (nSPS) is 11.1. The number of nitrogens with zero attached hydrogens (tertiary/aromatic N) is 1. The number of rotatable bonds is 16. The van der Waals surface area contributed by atoms with Crippen molar-refractivity contribution in [3.63, 3.8) is 0 Å². The summed E-state index contributed by atoms with van der Waals surface area (Å²) >= 11 is 0. The van der Waals surface area contributed by atoms with Crippen LogP contribution in [0.1, 0.15) is 109 Å². The quantitative estimate of drug-likeness (QED) is 0.226. The summed E-state index contributed by atoms with van der Waals surface area (Å²) in [6, 6.07) is 4.66. The smallest absolute Gasteiger partial charge is 0.169 e. The molecule has 0 N–H and O–H groups in total. The highest BCUT2D eigenvalue weighted by molar-refractivity contribution is 5.07. The summed E-state index contributed by atoms with van der Waals surface area (Å²) in [5.74, 6) is 0. The van der Waals surface area contributed by atoms with Gasteiger partial charge in [0.15, 0.2) is 12.4 Å². The standard InChI is InChI=1S/C23H42N/c1-3-5-7-9-11-12-14-16-20-24-21-18-23(19-22-24)17-15-13-10-8-6-4-2/h18-19,21-22H,3-17,20H2,1-2H3/q+1. The van der Waals surface area contributed by atoms with Crippen molar-refractivity contribution in [1.29, 1.82) is 0 Å². The fourth-order valence-electron chi connectivity index (χ4n) is 3.34. The van der Waals surface area contributed by atoms with Crippen LogP contribution in [0.2, 0.25) is 0 Å². The zero-order chi connectivity index (χ0) is 17.3. The number of pyridine rings is 1. The molecule has 0 aromatic carbocycles. The van der Waals surface area contributed by atoms with Crippen molar-refractivity contribution in [2.45, 2.75) is 117 Å². The molecule has 0 saturated carbocycles. The van der Waals surface area contributed by atoms with Crippen molar-refractivity contribution in [1.82, 2.24) is 0 Å². The monoisotopic (exact) mass is 332 g/mol. The molecular weight excluding hydrogens is 290 g/mol. The van der Waals surface area contributed by atoms with Gasteiger partial charge in [0.2, 0.25) is 0 Å². The minimum Gasteiger partial charge on any atom is -0.205 e. The van der Waals surface area contributed by atoms with Gasteiger partial charge in [0.1, 0.15) is 6.54 Å². The minimum absolute atomic E-state index is 1.19. The van der Waals surface area contributed by atoms with Gasteiger partial charge in [-0.1, -0.05) is 84.5 Å². The summed E-state index contributed by atoms with van der Waals surface area (Å²) in [4.78, 5) is 0. The first-order valence-electron chi connectivity index (χ1n) is 10.8. The summed E-state index contributed by atoms with van der Waals surface area (Å²) in [7, 11) is 0. The fourth-order valence-corrected chi connectivity index (χ4v) is 3.34. The van der Waals surface area contributed by atoms with Crippen LogP contribution in [0.15, 0.2) is 24.5 Å². The molecule has 1 heterocycles. The van der Waals surface area contributed by atoms with E-state index in [0.717, 1.165) is 0 Å². The van der Waals surface area contributed by atoms with Crippen molar-refractivity contribution in [3.8, 4) is 0 Å². The Morgan fingerprint density at radius 3 is 1.58 bits per heavy atom. The summed E-state index contributed by atoms with van der Waals surface area (Å²) in [5.41, 5.74) is 1.51. The Labute approximate surface area is 151 Å².